The van der Waals surface area contributed by atoms with Crippen LogP contribution >= 0.6 is 0 Å². The fraction of sp³-hybridized carbons (Fsp3) is 0.600. The lowest BCUT2D eigenvalue weighted by molar-refractivity contribution is -0.122. The maximum absolute atomic E-state index is 12.2. The molecule has 1 fully saturated rings. The topological polar surface area (TPSA) is 98.4 Å². The first kappa shape index (κ1) is 14.0. The van der Waals surface area contributed by atoms with E-state index in [-0.39, 0.29) is 10.8 Å². The molecule has 1 saturated heterocycles. The van der Waals surface area contributed by atoms with Crippen molar-refractivity contribution in [1.82, 2.24) is 24.7 Å². The number of nitrogens with zero attached hydrogens (tertiary/aromatic N) is 3. The highest BCUT2D eigenvalue weighted by atomic mass is 32.2. The Bertz CT molecular complexity index is 519. The first-order valence-electron chi connectivity index (χ1n) is 5.96. The average molecular weight is 287 g/mol. The predicted molar refractivity (Wildman–Crippen MR) is 67.9 cm³/mol. The highest BCUT2D eigenvalue weighted by Crippen LogP contribution is 2.15. The number of hydrogen-bond acceptors (Lipinski definition) is 5. The van der Waals surface area contributed by atoms with E-state index in [9.17, 15) is 13.2 Å². The summed E-state index contributed by atoms with van der Waals surface area (Å²) in [5.41, 5.74) is 0. The predicted octanol–water partition coefficient (Wildman–Crippen LogP) is -1.54. The molecule has 2 rings (SSSR count). The Morgan fingerprint density at radius 3 is 2.63 bits per heavy atom. The van der Waals surface area contributed by atoms with Gasteiger partial charge in [0.15, 0.2) is 0 Å². The lowest BCUT2D eigenvalue weighted by Crippen LogP contribution is -2.50. The number of H-pyrrole nitrogens is 1. The highest BCUT2D eigenvalue weighted by molar-refractivity contribution is 7.89. The third-order valence-corrected chi connectivity index (χ3v) is 4.95. The van der Waals surface area contributed by atoms with Crippen molar-refractivity contribution in [2.75, 3.05) is 39.8 Å². The van der Waals surface area contributed by atoms with Crippen LogP contribution in [0.3, 0.4) is 0 Å². The van der Waals surface area contributed by atoms with Gasteiger partial charge >= 0.3 is 0 Å². The van der Waals surface area contributed by atoms with Gasteiger partial charge in [-0.25, -0.2) is 8.42 Å². The van der Waals surface area contributed by atoms with Gasteiger partial charge in [-0.05, 0) is 0 Å². The van der Waals surface area contributed by atoms with Gasteiger partial charge in [-0.1, -0.05) is 0 Å². The number of hydrogen-bond donors (Lipinski definition) is 2. The lowest BCUT2D eigenvalue weighted by Gasteiger charge is -2.33. The Morgan fingerprint density at radius 2 is 2.11 bits per heavy atom. The molecule has 9 heteroatoms. The van der Waals surface area contributed by atoms with Gasteiger partial charge in [0, 0.05) is 39.4 Å². The molecule has 0 aromatic carbocycles. The van der Waals surface area contributed by atoms with Gasteiger partial charge in [-0.3, -0.25) is 14.8 Å². The van der Waals surface area contributed by atoms with Crippen molar-refractivity contribution in [2.24, 2.45) is 0 Å². The van der Waals surface area contributed by atoms with E-state index < -0.39 is 10.0 Å². The maximum Gasteiger partial charge on any atom is 0.246 e. The summed E-state index contributed by atoms with van der Waals surface area (Å²) >= 11 is 0. The zero-order chi connectivity index (χ0) is 13.9. The molecule has 106 valence electrons. The molecular weight excluding hydrogens is 270 g/mol. The van der Waals surface area contributed by atoms with Crippen LogP contribution in [0, 0.1) is 0 Å². The maximum atomic E-state index is 12.2. The molecule has 1 aromatic heterocycles. The van der Waals surface area contributed by atoms with Crippen LogP contribution < -0.4 is 5.32 Å². The fourth-order valence-corrected chi connectivity index (χ4v) is 3.27. The summed E-state index contributed by atoms with van der Waals surface area (Å²) in [6.45, 7) is 2.15. The van der Waals surface area contributed by atoms with E-state index in [0.29, 0.717) is 32.7 Å². The Labute approximate surface area is 111 Å². The van der Waals surface area contributed by atoms with Gasteiger partial charge in [-0.15, -0.1) is 0 Å². The Kier molecular flexibility index (Phi) is 4.17. The Hall–Kier alpha value is -1.45. The number of aromatic nitrogens is 2. The fourth-order valence-electron chi connectivity index (χ4n) is 1.94. The van der Waals surface area contributed by atoms with Crippen molar-refractivity contribution in [3.63, 3.8) is 0 Å². The smallest absolute Gasteiger partial charge is 0.246 e. The summed E-state index contributed by atoms with van der Waals surface area (Å²) in [7, 11) is -1.88. The summed E-state index contributed by atoms with van der Waals surface area (Å²) < 4.78 is 25.8. The number of piperazine rings is 1. The second kappa shape index (κ2) is 5.68. The van der Waals surface area contributed by atoms with Gasteiger partial charge in [0.05, 0.1) is 12.7 Å². The Morgan fingerprint density at radius 1 is 1.42 bits per heavy atom. The Balaban J connectivity index is 1.95. The van der Waals surface area contributed by atoms with E-state index in [1.54, 1.807) is 7.05 Å². The molecule has 19 heavy (non-hydrogen) atoms. The molecule has 0 unspecified atom stereocenters. The van der Waals surface area contributed by atoms with Crippen molar-refractivity contribution >= 4 is 15.9 Å². The van der Waals surface area contributed by atoms with E-state index in [1.165, 1.54) is 16.7 Å². The normalized spacial score (nSPS) is 18.4. The molecule has 0 saturated carbocycles. The summed E-state index contributed by atoms with van der Waals surface area (Å²) in [5.74, 6) is -0.0638. The number of carbonyl (C=O) groups excluding carboxylic acids is 1. The molecule has 2 N–H and O–H groups in total. The quantitative estimate of drug-likeness (QED) is 0.699. The standard InChI is InChI=1S/C10H17N5O3S/c1-11-10(16)8-14-2-4-15(5-3-14)19(17,18)9-6-12-13-7-9/h6-7H,2-5,8H2,1H3,(H,11,16)(H,12,13). The van der Waals surface area contributed by atoms with Crippen LogP contribution in [-0.2, 0) is 14.8 Å². The lowest BCUT2D eigenvalue weighted by atomic mass is 10.3. The number of likely N-dealkylation sites (N-methyl/N-ethyl adjacent to an activating group) is 1. The summed E-state index contributed by atoms with van der Waals surface area (Å²) in [6, 6.07) is 0. The summed E-state index contributed by atoms with van der Waals surface area (Å²) in [4.78, 5) is 13.4. The van der Waals surface area contributed by atoms with Crippen molar-refractivity contribution < 1.29 is 13.2 Å². The first-order chi connectivity index (χ1) is 9.04. The third kappa shape index (κ3) is 3.11. The van der Waals surface area contributed by atoms with Gasteiger partial charge in [-0.2, -0.15) is 9.40 Å². The van der Waals surface area contributed by atoms with Crippen LogP contribution in [0.15, 0.2) is 17.3 Å². The first-order valence-corrected chi connectivity index (χ1v) is 7.40. The van der Waals surface area contributed by atoms with Gasteiger partial charge < -0.3 is 5.32 Å². The van der Waals surface area contributed by atoms with E-state index in [0.717, 1.165) is 0 Å². The summed E-state index contributed by atoms with van der Waals surface area (Å²) in [6.07, 6.45) is 2.67. The van der Waals surface area contributed by atoms with Crippen LogP contribution in [0.4, 0.5) is 0 Å². The van der Waals surface area contributed by atoms with E-state index in [4.69, 9.17) is 0 Å². The molecule has 1 aromatic rings. The van der Waals surface area contributed by atoms with Crippen LogP contribution in [0.2, 0.25) is 0 Å². The van der Waals surface area contributed by atoms with Crippen LogP contribution in [0.1, 0.15) is 0 Å². The number of carbonyl (C=O) groups is 1. The van der Waals surface area contributed by atoms with Crippen LogP contribution in [0.25, 0.3) is 0 Å². The van der Waals surface area contributed by atoms with Crippen LogP contribution in [0.5, 0.6) is 0 Å². The molecular formula is C10H17N5O3S. The molecule has 0 bridgehead atoms. The minimum absolute atomic E-state index is 0.0638. The molecule has 8 nitrogen and oxygen atoms in total. The number of amides is 1. The third-order valence-electron chi connectivity index (χ3n) is 3.09. The molecule has 1 amide bonds. The molecule has 1 aliphatic heterocycles. The summed E-state index contributed by atoms with van der Waals surface area (Å²) in [5, 5.41) is 8.70. The van der Waals surface area contributed by atoms with E-state index in [2.05, 4.69) is 15.5 Å². The second-order valence-electron chi connectivity index (χ2n) is 4.29. The van der Waals surface area contributed by atoms with Crippen molar-refractivity contribution in [3.05, 3.63) is 12.4 Å². The monoisotopic (exact) mass is 287 g/mol. The molecule has 0 aliphatic carbocycles. The second-order valence-corrected chi connectivity index (χ2v) is 6.23. The SMILES string of the molecule is CNC(=O)CN1CCN(S(=O)(=O)c2cn[nH]c2)CC1. The molecule has 1 aliphatic rings. The zero-order valence-corrected chi connectivity index (χ0v) is 11.5. The number of rotatable bonds is 4. The molecule has 0 atom stereocenters. The minimum atomic E-state index is -3.46. The molecule has 0 radical (unpaired) electrons. The molecule has 2 heterocycles. The molecule has 0 spiro atoms. The van der Waals surface area contributed by atoms with E-state index >= 15 is 0 Å². The average Bonchev–Trinajstić information content (AvgIpc) is 2.94. The minimum Gasteiger partial charge on any atom is -0.358 e. The number of sulfonamides is 1. The zero-order valence-electron chi connectivity index (χ0n) is 10.7. The van der Waals surface area contributed by atoms with Gasteiger partial charge in [0.2, 0.25) is 15.9 Å². The largest absolute Gasteiger partial charge is 0.358 e. The highest BCUT2D eigenvalue weighted by Gasteiger charge is 2.29. The number of nitrogens with one attached hydrogen (secondary N) is 2. The van der Waals surface area contributed by atoms with Crippen LogP contribution in [-0.4, -0.2) is 73.5 Å². The van der Waals surface area contributed by atoms with Crippen molar-refractivity contribution in [3.8, 4) is 0 Å². The van der Waals surface area contributed by atoms with Gasteiger partial charge in [0.25, 0.3) is 0 Å². The van der Waals surface area contributed by atoms with Crippen molar-refractivity contribution in [2.45, 2.75) is 4.90 Å². The van der Waals surface area contributed by atoms with Crippen molar-refractivity contribution in [1.29, 1.82) is 0 Å². The number of aromatic amines is 1. The van der Waals surface area contributed by atoms with E-state index in [1.807, 2.05) is 4.90 Å². The van der Waals surface area contributed by atoms with Gasteiger partial charge in [0.1, 0.15) is 4.90 Å².